The summed E-state index contributed by atoms with van der Waals surface area (Å²) in [5.74, 6) is -0.316. The van der Waals surface area contributed by atoms with Gasteiger partial charge in [0.05, 0.1) is 5.92 Å². The smallest absolute Gasteiger partial charge is 0.344 e. The highest BCUT2D eigenvalue weighted by Crippen LogP contribution is 2.52. The maximum atomic E-state index is 12.2. The molecule has 4 fully saturated rings. The van der Waals surface area contributed by atoms with Crippen LogP contribution in [-0.4, -0.2) is 36.3 Å². The van der Waals surface area contributed by atoms with Crippen LogP contribution in [0, 0.1) is 23.7 Å². The summed E-state index contributed by atoms with van der Waals surface area (Å²) in [6, 6.07) is 0. The molecular weight excluding hydrogens is 284 g/mol. The fraction of sp³-hybridized carbons (Fsp3) is 0.786. The van der Waals surface area contributed by atoms with E-state index < -0.39 is 18.5 Å². The number of Topliss-reactive ketones (excluding diaryl/α,β-unsaturated/α-hetero) is 1. The topological polar surface area (TPSA) is 69.7 Å². The molecule has 0 aliphatic heterocycles. The number of esters is 2. The van der Waals surface area contributed by atoms with Gasteiger partial charge in [-0.1, -0.05) is 0 Å². The molecule has 0 radical (unpaired) electrons. The van der Waals surface area contributed by atoms with Crippen molar-refractivity contribution < 1.29 is 23.9 Å². The Hall–Kier alpha value is -1.10. The zero-order chi connectivity index (χ0) is 14.3. The van der Waals surface area contributed by atoms with Crippen molar-refractivity contribution in [2.45, 2.75) is 31.8 Å². The average molecular weight is 301 g/mol. The van der Waals surface area contributed by atoms with Crippen molar-refractivity contribution in [3.8, 4) is 0 Å². The normalized spacial score (nSPS) is 37.9. The quantitative estimate of drug-likeness (QED) is 0.578. The summed E-state index contributed by atoms with van der Waals surface area (Å²) in [5.41, 5.74) is 0. The van der Waals surface area contributed by atoms with Crippen LogP contribution in [0.2, 0.25) is 0 Å². The molecule has 4 bridgehead atoms. The van der Waals surface area contributed by atoms with Crippen molar-refractivity contribution in [3.05, 3.63) is 0 Å². The number of carbonyl (C=O) groups excluding carboxylic acids is 3. The molecule has 0 aromatic carbocycles. The second kappa shape index (κ2) is 5.35. The molecule has 0 aromatic rings. The van der Waals surface area contributed by atoms with E-state index in [4.69, 9.17) is 16.3 Å². The number of ether oxygens (including phenoxy) is 2. The number of ketones is 1. The van der Waals surface area contributed by atoms with Crippen LogP contribution in [0.4, 0.5) is 0 Å². The van der Waals surface area contributed by atoms with Crippen molar-refractivity contribution in [2.24, 2.45) is 23.7 Å². The Balaban J connectivity index is 1.59. The molecule has 20 heavy (non-hydrogen) atoms. The molecule has 4 rings (SSSR count). The molecular formula is C14H17ClO5. The first-order valence-corrected chi connectivity index (χ1v) is 7.56. The molecule has 0 amide bonds. The van der Waals surface area contributed by atoms with Crippen LogP contribution in [0.5, 0.6) is 0 Å². The van der Waals surface area contributed by atoms with Gasteiger partial charge in [-0.2, -0.15) is 0 Å². The molecule has 0 spiro atoms. The number of hydrogen-bond donors (Lipinski definition) is 0. The van der Waals surface area contributed by atoms with Gasteiger partial charge in [0.25, 0.3) is 0 Å². The van der Waals surface area contributed by atoms with Gasteiger partial charge in [0.2, 0.25) is 0 Å². The van der Waals surface area contributed by atoms with E-state index in [1.165, 1.54) is 0 Å². The molecule has 4 saturated carbocycles. The van der Waals surface area contributed by atoms with Crippen LogP contribution in [0.25, 0.3) is 0 Å². The Morgan fingerprint density at radius 1 is 1.15 bits per heavy atom. The highest BCUT2D eigenvalue weighted by molar-refractivity contribution is 6.26. The minimum atomic E-state index is -0.648. The van der Waals surface area contributed by atoms with Crippen molar-refractivity contribution in [3.63, 3.8) is 0 Å². The Kier molecular flexibility index (Phi) is 3.71. The Morgan fingerprint density at radius 3 is 2.70 bits per heavy atom. The maximum Gasteiger partial charge on any atom is 0.344 e. The number of alkyl halides is 1. The van der Waals surface area contributed by atoms with Gasteiger partial charge in [-0.05, 0) is 37.5 Å². The van der Waals surface area contributed by atoms with E-state index in [0.717, 1.165) is 25.7 Å². The number of carbonyl (C=O) groups is 3. The van der Waals surface area contributed by atoms with Gasteiger partial charge in [-0.3, -0.25) is 9.59 Å². The first kappa shape index (κ1) is 13.9. The second-order valence-electron chi connectivity index (χ2n) is 6.02. The lowest BCUT2D eigenvalue weighted by Crippen LogP contribution is -2.55. The molecule has 5 nitrogen and oxygen atoms in total. The Morgan fingerprint density at radius 2 is 1.95 bits per heavy atom. The summed E-state index contributed by atoms with van der Waals surface area (Å²) in [4.78, 5) is 34.8. The lowest BCUT2D eigenvalue weighted by Gasteiger charge is -2.52. The molecule has 6 heteroatoms. The minimum absolute atomic E-state index is 0.140. The standard InChI is InChI=1S/C14H17ClO5/c15-5-11(16)19-6-12(17)20-14-9-2-7-1-8(4-9)13(18)10(14)3-7/h7-10,14H,1-6H2/t7?,8?,9?,10?,14-/m0/s1. The summed E-state index contributed by atoms with van der Waals surface area (Å²) < 4.78 is 10.1. The summed E-state index contributed by atoms with van der Waals surface area (Å²) in [6.07, 6.45) is 3.41. The third kappa shape index (κ3) is 2.43. The monoisotopic (exact) mass is 300 g/mol. The minimum Gasteiger partial charge on any atom is -0.459 e. The number of hydrogen-bond acceptors (Lipinski definition) is 5. The van der Waals surface area contributed by atoms with Gasteiger partial charge in [0.15, 0.2) is 6.61 Å². The lowest BCUT2D eigenvalue weighted by atomic mass is 9.54. The average Bonchev–Trinajstić information content (AvgIpc) is 2.44. The summed E-state index contributed by atoms with van der Waals surface area (Å²) in [6.45, 7) is -0.428. The van der Waals surface area contributed by atoms with E-state index in [9.17, 15) is 14.4 Å². The largest absolute Gasteiger partial charge is 0.459 e. The molecule has 5 atom stereocenters. The van der Waals surface area contributed by atoms with Crippen molar-refractivity contribution in [1.29, 1.82) is 0 Å². The van der Waals surface area contributed by atoms with Gasteiger partial charge in [-0.15, -0.1) is 11.6 Å². The van der Waals surface area contributed by atoms with Gasteiger partial charge < -0.3 is 9.47 Å². The zero-order valence-corrected chi connectivity index (χ0v) is 11.8. The summed E-state index contributed by atoms with van der Waals surface area (Å²) >= 11 is 5.27. The molecule has 0 N–H and O–H groups in total. The van der Waals surface area contributed by atoms with Crippen LogP contribution in [-0.2, 0) is 23.9 Å². The van der Waals surface area contributed by atoms with E-state index in [1.807, 2.05) is 0 Å². The number of rotatable bonds is 4. The molecule has 0 aromatic heterocycles. The predicted molar refractivity (Wildman–Crippen MR) is 69.0 cm³/mol. The van der Waals surface area contributed by atoms with Crippen LogP contribution in [0.1, 0.15) is 25.7 Å². The fourth-order valence-electron chi connectivity index (χ4n) is 4.12. The predicted octanol–water partition coefficient (Wildman–Crippen LogP) is 1.32. The van der Waals surface area contributed by atoms with Gasteiger partial charge >= 0.3 is 11.9 Å². The van der Waals surface area contributed by atoms with Crippen LogP contribution >= 0.6 is 11.6 Å². The van der Waals surface area contributed by atoms with E-state index >= 15 is 0 Å². The molecule has 4 unspecified atom stereocenters. The first-order valence-electron chi connectivity index (χ1n) is 7.03. The van der Waals surface area contributed by atoms with Crippen molar-refractivity contribution in [2.75, 3.05) is 12.5 Å². The van der Waals surface area contributed by atoms with E-state index in [1.54, 1.807) is 0 Å². The van der Waals surface area contributed by atoms with Gasteiger partial charge in [0, 0.05) is 5.92 Å². The van der Waals surface area contributed by atoms with Gasteiger partial charge in [-0.25, -0.2) is 4.79 Å². The third-order valence-electron chi connectivity index (χ3n) is 4.79. The SMILES string of the molecule is O=C(CCl)OCC(=O)O[C@H]1C2CC3CC(C2)C(=O)C1C3. The Bertz CT molecular complexity index is 449. The fourth-order valence-corrected chi connectivity index (χ4v) is 4.20. The second-order valence-corrected chi connectivity index (χ2v) is 6.29. The lowest BCUT2D eigenvalue weighted by molar-refractivity contribution is -0.180. The van der Waals surface area contributed by atoms with Crippen molar-refractivity contribution in [1.82, 2.24) is 0 Å². The molecule has 0 saturated heterocycles. The Labute approximate surface area is 121 Å². The summed E-state index contributed by atoms with van der Waals surface area (Å²) in [5, 5.41) is 0. The molecule has 4 aliphatic rings. The molecule has 110 valence electrons. The number of halogens is 1. The first-order chi connectivity index (χ1) is 9.58. The maximum absolute atomic E-state index is 12.2. The highest BCUT2D eigenvalue weighted by atomic mass is 35.5. The van der Waals surface area contributed by atoms with E-state index in [-0.39, 0.29) is 29.6 Å². The zero-order valence-electron chi connectivity index (χ0n) is 11.0. The molecule has 4 aliphatic carbocycles. The van der Waals surface area contributed by atoms with Gasteiger partial charge in [0.1, 0.15) is 17.8 Å². The molecule has 0 heterocycles. The van der Waals surface area contributed by atoms with E-state index in [0.29, 0.717) is 11.8 Å². The van der Waals surface area contributed by atoms with Crippen LogP contribution in [0.15, 0.2) is 0 Å². The highest BCUT2D eigenvalue weighted by Gasteiger charge is 2.54. The summed E-state index contributed by atoms with van der Waals surface area (Å²) in [7, 11) is 0. The van der Waals surface area contributed by atoms with Crippen LogP contribution in [0.3, 0.4) is 0 Å². The third-order valence-corrected chi connectivity index (χ3v) is 5.00. The van der Waals surface area contributed by atoms with E-state index in [2.05, 4.69) is 4.74 Å². The van der Waals surface area contributed by atoms with Crippen molar-refractivity contribution >= 4 is 29.3 Å². The van der Waals surface area contributed by atoms with Crippen LogP contribution < -0.4 is 0 Å².